The van der Waals surface area contributed by atoms with Crippen molar-refractivity contribution < 1.29 is 33.4 Å². The molecule has 1 heterocycles. The topological polar surface area (TPSA) is 113 Å². The van der Waals surface area contributed by atoms with Gasteiger partial charge in [0.05, 0.1) is 7.11 Å². The van der Waals surface area contributed by atoms with E-state index in [0.29, 0.717) is 5.75 Å². The van der Waals surface area contributed by atoms with Crippen molar-refractivity contribution in [2.75, 3.05) is 13.7 Å². The number of carboxylic acid groups (broad SMARTS) is 1. The number of rotatable bonds is 6. The minimum atomic E-state index is -1.64. The number of ketones is 1. The zero-order valence-corrected chi connectivity index (χ0v) is 15.2. The zero-order valence-electron chi connectivity index (χ0n) is 15.2. The van der Waals surface area contributed by atoms with Crippen molar-refractivity contribution >= 4 is 23.6 Å². The molecule has 1 aromatic rings. The fourth-order valence-corrected chi connectivity index (χ4v) is 2.98. The average molecular weight is 380 g/mol. The Bertz CT molecular complexity index is 792. The van der Waals surface area contributed by atoms with Crippen LogP contribution in [0, 0.1) is 11.7 Å². The van der Waals surface area contributed by atoms with Crippen molar-refractivity contribution in [3.05, 3.63) is 29.6 Å². The molecule has 1 fully saturated rings. The smallest absolute Gasteiger partial charge is 0.322 e. The molecule has 2 amide bonds. The molecule has 0 saturated carbocycles. The average Bonchev–Trinajstić information content (AvgIpc) is 2.57. The summed E-state index contributed by atoms with van der Waals surface area (Å²) in [5.41, 5.74) is -0.722. The summed E-state index contributed by atoms with van der Waals surface area (Å²) in [6, 6.07) is 4.19. The number of nitrogens with zero attached hydrogens (tertiary/aromatic N) is 1. The predicted octanol–water partition coefficient (Wildman–Crippen LogP) is 0.731. The lowest BCUT2D eigenvalue weighted by atomic mass is 9.82. The summed E-state index contributed by atoms with van der Waals surface area (Å²) in [5, 5.41) is 10.7. The fourth-order valence-electron chi connectivity index (χ4n) is 2.98. The number of carbonyl (C=O) groups is 4. The van der Waals surface area contributed by atoms with Gasteiger partial charge in [0, 0.05) is 30.1 Å². The quantitative estimate of drug-likeness (QED) is 0.704. The highest BCUT2D eigenvalue weighted by molar-refractivity contribution is 6.20. The third kappa shape index (κ3) is 4.42. The maximum Gasteiger partial charge on any atom is 0.322 e. The van der Waals surface area contributed by atoms with E-state index in [1.165, 1.54) is 24.1 Å². The summed E-state index contributed by atoms with van der Waals surface area (Å²) >= 11 is 0. The molecule has 1 aromatic carbocycles. The van der Waals surface area contributed by atoms with Crippen LogP contribution >= 0.6 is 0 Å². The molecule has 2 rings (SSSR count). The highest BCUT2D eigenvalue weighted by Crippen LogP contribution is 2.32. The van der Waals surface area contributed by atoms with E-state index in [1.54, 1.807) is 19.9 Å². The molecule has 8 nitrogen and oxygen atoms in total. The number of halogens is 1. The van der Waals surface area contributed by atoms with Crippen molar-refractivity contribution in [2.24, 2.45) is 5.92 Å². The maximum atomic E-state index is 14.3. The van der Waals surface area contributed by atoms with Gasteiger partial charge in [0.15, 0.2) is 11.7 Å². The van der Waals surface area contributed by atoms with Gasteiger partial charge in [-0.25, -0.2) is 4.39 Å². The van der Waals surface area contributed by atoms with Gasteiger partial charge in [0.1, 0.15) is 18.1 Å². The largest absolute Gasteiger partial charge is 0.497 e. The Morgan fingerprint density at radius 3 is 2.59 bits per heavy atom. The Morgan fingerprint density at radius 1 is 1.37 bits per heavy atom. The lowest BCUT2D eigenvalue weighted by Gasteiger charge is -2.44. The highest BCUT2D eigenvalue weighted by atomic mass is 19.1. The number of aliphatic carboxylic acids is 1. The van der Waals surface area contributed by atoms with Crippen molar-refractivity contribution in [1.82, 2.24) is 10.2 Å². The van der Waals surface area contributed by atoms with Crippen LogP contribution in [0.3, 0.4) is 0 Å². The first-order valence-electron chi connectivity index (χ1n) is 8.23. The Hall–Kier alpha value is -2.97. The Labute approximate surface area is 155 Å². The molecule has 2 N–H and O–H groups in total. The Morgan fingerprint density at radius 2 is 2.04 bits per heavy atom. The molecular formula is C18H21FN2O6. The standard InChI is InChI=1S/C18H21FN2O6/c1-18(2)7-13(22)15(16(25)20-8-14(23)24)17(26)21(18)9-10-4-5-11(27-3)6-12(10)19/h4-6,15H,7-9H2,1-3H3,(H,20,25)(H,23,24). The van der Waals surface area contributed by atoms with Gasteiger partial charge in [-0.3, -0.25) is 19.2 Å². The summed E-state index contributed by atoms with van der Waals surface area (Å²) in [6.45, 7) is 2.45. The molecule has 1 aliphatic heterocycles. The molecular weight excluding hydrogens is 359 g/mol. The van der Waals surface area contributed by atoms with E-state index >= 15 is 0 Å². The van der Waals surface area contributed by atoms with Crippen molar-refractivity contribution in [3.8, 4) is 5.75 Å². The number of ether oxygens (including phenoxy) is 1. The molecule has 1 atom stereocenters. The number of likely N-dealkylation sites (tertiary alicyclic amines) is 1. The number of carboxylic acids is 1. The second kappa shape index (κ2) is 7.73. The number of amides is 2. The summed E-state index contributed by atoms with van der Waals surface area (Å²) in [5.74, 6) is -5.55. The monoisotopic (exact) mass is 380 g/mol. The highest BCUT2D eigenvalue weighted by Gasteiger charge is 2.48. The van der Waals surface area contributed by atoms with Crippen LogP contribution in [0.2, 0.25) is 0 Å². The van der Waals surface area contributed by atoms with Gasteiger partial charge < -0.3 is 20.1 Å². The van der Waals surface area contributed by atoms with E-state index in [9.17, 15) is 23.6 Å². The summed E-state index contributed by atoms with van der Waals surface area (Å²) in [4.78, 5) is 49.2. The number of hydrogen-bond donors (Lipinski definition) is 2. The van der Waals surface area contributed by atoms with Crippen LogP contribution in [0.4, 0.5) is 4.39 Å². The Balaban J connectivity index is 2.28. The van der Waals surface area contributed by atoms with Crippen LogP contribution in [-0.2, 0) is 25.7 Å². The molecule has 1 unspecified atom stereocenters. The van der Waals surface area contributed by atoms with Crippen molar-refractivity contribution in [2.45, 2.75) is 32.4 Å². The van der Waals surface area contributed by atoms with E-state index in [2.05, 4.69) is 5.32 Å². The molecule has 146 valence electrons. The summed E-state index contributed by atoms with van der Waals surface area (Å²) < 4.78 is 19.2. The second-order valence-electron chi connectivity index (χ2n) is 6.88. The zero-order chi connectivity index (χ0) is 20.4. The third-order valence-electron chi connectivity index (χ3n) is 4.44. The normalized spacial score (nSPS) is 19.0. The van der Waals surface area contributed by atoms with Crippen molar-refractivity contribution in [3.63, 3.8) is 0 Å². The van der Waals surface area contributed by atoms with Crippen LogP contribution in [0.15, 0.2) is 18.2 Å². The van der Waals surface area contributed by atoms with Crippen LogP contribution in [0.25, 0.3) is 0 Å². The minimum Gasteiger partial charge on any atom is -0.497 e. The van der Waals surface area contributed by atoms with E-state index in [0.717, 1.165) is 0 Å². The fraction of sp³-hybridized carbons (Fsp3) is 0.444. The first-order valence-corrected chi connectivity index (χ1v) is 8.23. The van der Waals surface area contributed by atoms with Crippen LogP contribution < -0.4 is 10.1 Å². The molecule has 0 aromatic heterocycles. The predicted molar refractivity (Wildman–Crippen MR) is 91.3 cm³/mol. The lowest BCUT2D eigenvalue weighted by Crippen LogP contribution is -2.60. The molecule has 27 heavy (non-hydrogen) atoms. The maximum absolute atomic E-state index is 14.3. The van der Waals surface area contributed by atoms with Crippen LogP contribution in [-0.4, -0.2) is 52.8 Å². The van der Waals surface area contributed by atoms with Gasteiger partial charge in [-0.15, -0.1) is 0 Å². The second-order valence-corrected chi connectivity index (χ2v) is 6.88. The van der Waals surface area contributed by atoms with Gasteiger partial charge in [-0.1, -0.05) is 6.07 Å². The number of nitrogens with one attached hydrogen (secondary N) is 1. The lowest BCUT2D eigenvalue weighted by molar-refractivity contribution is -0.158. The van der Waals surface area contributed by atoms with Gasteiger partial charge in [-0.2, -0.15) is 0 Å². The van der Waals surface area contributed by atoms with Gasteiger partial charge >= 0.3 is 5.97 Å². The molecule has 0 aliphatic carbocycles. The summed E-state index contributed by atoms with van der Waals surface area (Å²) in [7, 11) is 1.40. The van der Waals surface area contributed by atoms with Crippen LogP contribution in [0.1, 0.15) is 25.8 Å². The number of Topliss-reactive ketones (excluding diaryl/α,β-unsaturated/α-hetero) is 1. The molecule has 9 heteroatoms. The molecule has 1 aliphatic rings. The van der Waals surface area contributed by atoms with Crippen LogP contribution in [0.5, 0.6) is 5.75 Å². The van der Waals surface area contributed by atoms with Gasteiger partial charge in [0.2, 0.25) is 11.8 Å². The van der Waals surface area contributed by atoms with Crippen molar-refractivity contribution in [1.29, 1.82) is 0 Å². The number of piperidine rings is 1. The van der Waals surface area contributed by atoms with Gasteiger partial charge in [0.25, 0.3) is 0 Å². The number of benzene rings is 1. The first kappa shape index (κ1) is 20.3. The number of methoxy groups -OCH3 is 1. The SMILES string of the molecule is COc1ccc(CN2C(=O)C(C(=O)NCC(=O)O)C(=O)CC2(C)C)c(F)c1. The Kier molecular flexibility index (Phi) is 5.82. The van der Waals surface area contributed by atoms with E-state index in [4.69, 9.17) is 9.84 Å². The molecule has 0 radical (unpaired) electrons. The molecule has 1 saturated heterocycles. The number of hydrogen-bond acceptors (Lipinski definition) is 5. The minimum absolute atomic E-state index is 0.109. The number of carbonyl (C=O) groups excluding carboxylic acids is 3. The molecule has 0 spiro atoms. The third-order valence-corrected chi connectivity index (χ3v) is 4.44. The summed E-state index contributed by atoms with van der Waals surface area (Å²) in [6.07, 6.45) is -0.109. The van der Waals surface area contributed by atoms with E-state index < -0.39 is 47.4 Å². The van der Waals surface area contributed by atoms with E-state index in [-0.39, 0.29) is 18.5 Å². The first-order chi connectivity index (χ1) is 12.6. The van der Waals surface area contributed by atoms with E-state index in [1.807, 2.05) is 0 Å². The molecule has 0 bridgehead atoms. The van der Waals surface area contributed by atoms with Gasteiger partial charge in [-0.05, 0) is 19.9 Å².